The Morgan fingerprint density at radius 3 is 2.38 bits per heavy atom. The lowest BCUT2D eigenvalue weighted by molar-refractivity contribution is -0.121. The smallest absolute Gasteiger partial charge is 0.220 e. The minimum Gasteiger partial charge on any atom is -0.379 e. The minimum atomic E-state index is 0. The van der Waals surface area contributed by atoms with Crippen molar-refractivity contribution in [3.63, 3.8) is 0 Å². The lowest BCUT2D eigenvalue weighted by Gasteiger charge is -2.35. The molecule has 5 nitrogen and oxygen atoms in total. The summed E-state index contributed by atoms with van der Waals surface area (Å²) in [5.74, 6) is 0.150. The lowest BCUT2D eigenvalue weighted by atomic mass is 10.0. The summed E-state index contributed by atoms with van der Waals surface area (Å²) in [6.07, 6.45) is 4.80. The molecule has 1 aromatic carbocycles. The first kappa shape index (κ1) is 25.1. The molecule has 26 heavy (non-hydrogen) atoms. The maximum absolute atomic E-state index is 12.1. The summed E-state index contributed by atoms with van der Waals surface area (Å²) in [6.45, 7) is 4.75. The predicted molar refractivity (Wildman–Crippen MR) is 111 cm³/mol. The van der Waals surface area contributed by atoms with E-state index < -0.39 is 0 Å². The third-order valence-electron chi connectivity index (χ3n) is 4.52. The van der Waals surface area contributed by atoms with Gasteiger partial charge in [0.05, 0.1) is 19.3 Å². The Kier molecular flexibility index (Phi) is 14.7. The maximum Gasteiger partial charge on any atom is 0.220 e. The van der Waals surface area contributed by atoms with Gasteiger partial charge in [0, 0.05) is 26.1 Å². The highest BCUT2D eigenvalue weighted by molar-refractivity contribution is 5.85. The van der Waals surface area contributed by atoms with Gasteiger partial charge in [-0.25, -0.2) is 0 Å². The number of hydrogen-bond donors (Lipinski definition) is 2. The molecule has 1 unspecified atom stereocenters. The largest absolute Gasteiger partial charge is 0.379 e. The predicted octanol–water partition coefficient (Wildman–Crippen LogP) is 2.93. The Hall–Kier alpha value is -0.850. The average Bonchev–Trinajstić information content (AvgIpc) is 2.63. The van der Waals surface area contributed by atoms with Gasteiger partial charge >= 0.3 is 0 Å². The van der Waals surface area contributed by atoms with Crippen LogP contribution in [0, 0.1) is 0 Å². The third kappa shape index (κ3) is 9.19. The van der Waals surface area contributed by atoms with E-state index in [1.807, 2.05) is 6.07 Å². The number of halogens is 2. The number of carbonyl (C=O) groups is 1. The first-order chi connectivity index (χ1) is 11.8. The molecule has 1 aromatic rings. The van der Waals surface area contributed by atoms with Crippen LogP contribution in [0.1, 0.15) is 43.7 Å². The van der Waals surface area contributed by atoms with Crippen LogP contribution in [0.15, 0.2) is 30.3 Å². The zero-order chi connectivity index (χ0) is 17.0. The van der Waals surface area contributed by atoms with Gasteiger partial charge in [-0.3, -0.25) is 9.69 Å². The first-order valence-corrected chi connectivity index (χ1v) is 9.15. The van der Waals surface area contributed by atoms with Crippen LogP contribution in [0.2, 0.25) is 0 Å². The summed E-state index contributed by atoms with van der Waals surface area (Å²) in [4.78, 5) is 14.5. The Morgan fingerprint density at radius 1 is 1.08 bits per heavy atom. The second kappa shape index (κ2) is 15.2. The van der Waals surface area contributed by atoms with Crippen molar-refractivity contribution in [3.8, 4) is 0 Å². The fourth-order valence-corrected chi connectivity index (χ4v) is 3.10. The molecule has 0 aromatic heterocycles. The molecule has 0 spiro atoms. The molecule has 7 heteroatoms. The van der Waals surface area contributed by atoms with Gasteiger partial charge in [0.15, 0.2) is 0 Å². The number of hydrogen-bond acceptors (Lipinski definition) is 4. The molecule has 1 heterocycles. The molecule has 1 atom stereocenters. The summed E-state index contributed by atoms with van der Waals surface area (Å²) in [5, 5.41) is 3.12. The number of rotatable bonds is 10. The van der Waals surface area contributed by atoms with Crippen LogP contribution >= 0.6 is 24.8 Å². The van der Waals surface area contributed by atoms with E-state index in [0.717, 1.165) is 58.5 Å². The molecule has 1 saturated heterocycles. The number of amides is 1. The van der Waals surface area contributed by atoms with Crippen molar-refractivity contribution in [2.24, 2.45) is 5.73 Å². The van der Waals surface area contributed by atoms with Crippen LogP contribution in [0.3, 0.4) is 0 Å². The Balaban J connectivity index is 0.00000312. The first-order valence-electron chi connectivity index (χ1n) is 9.15. The van der Waals surface area contributed by atoms with Crippen molar-refractivity contribution in [1.82, 2.24) is 10.2 Å². The fraction of sp³-hybridized carbons (Fsp3) is 0.632. The minimum absolute atomic E-state index is 0. The van der Waals surface area contributed by atoms with Crippen LogP contribution in [0.5, 0.6) is 0 Å². The highest BCUT2D eigenvalue weighted by atomic mass is 35.5. The van der Waals surface area contributed by atoms with Crippen molar-refractivity contribution in [3.05, 3.63) is 35.9 Å². The van der Waals surface area contributed by atoms with Gasteiger partial charge in [-0.15, -0.1) is 24.8 Å². The van der Waals surface area contributed by atoms with Gasteiger partial charge in [-0.1, -0.05) is 43.2 Å². The van der Waals surface area contributed by atoms with Gasteiger partial charge in [-0.2, -0.15) is 0 Å². The van der Waals surface area contributed by atoms with Gasteiger partial charge in [0.25, 0.3) is 0 Å². The van der Waals surface area contributed by atoms with Crippen molar-refractivity contribution in [2.75, 3.05) is 39.4 Å². The maximum atomic E-state index is 12.1. The summed E-state index contributed by atoms with van der Waals surface area (Å²) in [5.41, 5.74) is 6.74. The third-order valence-corrected chi connectivity index (χ3v) is 4.52. The molecular formula is C19H33Cl2N3O2. The number of carbonyl (C=O) groups excluding carboxylic acids is 1. The fourth-order valence-electron chi connectivity index (χ4n) is 3.10. The quantitative estimate of drug-likeness (QED) is 0.587. The van der Waals surface area contributed by atoms with Gasteiger partial charge in [0.1, 0.15) is 0 Å². The average molecular weight is 406 g/mol. The lowest BCUT2D eigenvalue weighted by Crippen LogP contribution is -2.43. The number of benzene rings is 1. The van der Waals surface area contributed by atoms with Gasteiger partial charge in [-0.05, 0) is 24.9 Å². The molecule has 0 bridgehead atoms. The number of morpholine rings is 1. The molecular weight excluding hydrogens is 373 g/mol. The van der Waals surface area contributed by atoms with Crippen LogP contribution in [-0.4, -0.2) is 50.2 Å². The zero-order valence-electron chi connectivity index (χ0n) is 15.4. The Bertz CT molecular complexity index is 471. The van der Waals surface area contributed by atoms with E-state index in [-0.39, 0.29) is 36.8 Å². The van der Waals surface area contributed by atoms with Crippen LogP contribution in [0.25, 0.3) is 0 Å². The summed E-state index contributed by atoms with van der Waals surface area (Å²) < 4.78 is 5.46. The van der Waals surface area contributed by atoms with Gasteiger partial charge in [0.2, 0.25) is 5.91 Å². The number of nitrogens with two attached hydrogens (primary N) is 1. The molecule has 150 valence electrons. The zero-order valence-corrected chi connectivity index (χ0v) is 17.0. The van der Waals surface area contributed by atoms with E-state index in [2.05, 4.69) is 34.5 Å². The van der Waals surface area contributed by atoms with E-state index >= 15 is 0 Å². The molecule has 0 aliphatic carbocycles. The van der Waals surface area contributed by atoms with E-state index in [1.54, 1.807) is 0 Å². The second-order valence-corrected chi connectivity index (χ2v) is 6.33. The molecule has 0 saturated carbocycles. The molecule has 1 aliphatic heterocycles. The summed E-state index contributed by atoms with van der Waals surface area (Å²) >= 11 is 0. The van der Waals surface area contributed by atoms with E-state index in [9.17, 15) is 4.79 Å². The molecule has 1 fully saturated rings. The monoisotopic (exact) mass is 405 g/mol. The van der Waals surface area contributed by atoms with Crippen LogP contribution in [0.4, 0.5) is 0 Å². The SMILES string of the molecule is Cl.Cl.NCCCCCCC(=O)NCC(c1ccccc1)N1CCOCC1. The van der Waals surface area contributed by atoms with E-state index in [1.165, 1.54) is 5.56 Å². The molecule has 1 aliphatic rings. The highest BCUT2D eigenvalue weighted by Gasteiger charge is 2.22. The Morgan fingerprint density at radius 2 is 1.73 bits per heavy atom. The summed E-state index contributed by atoms with van der Waals surface area (Å²) in [7, 11) is 0. The number of nitrogens with one attached hydrogen (secondary N) is 1. The summed E-state index contributed by atoms with van der Waals surface area (Å²) in [6, 6.07) is 10.6. The van der Waals surface area contributed by atoms with E-state index in [0.29, 0.717) is 13.0 Å². The van der Waals surface area contributed by atoms with Crippen molar-refractivity contribution in [2.45, 2.75) is 38.1 Å². The van der Waals surface area contributed by atoms with Crippen LogP contribution in [-0.2, 0) is 9.53 Å². The molecule has 3 N–H and O–H groups in total. The molecule has 2 rings (SSSR count). The second-order valence-electron chi connectivity index (χ2n) is 6.33. The van der Waals surface area contributed by atoms with Crippen LogP contribution < -0.4 is 11.1 Å². The van der Waals surface area contributed by atoms with Gasteiger partial charge < -0.3 is 15.8 Å². The molecule has 1 amide bonds. The van der Waals surface area contributed by atoms with Crippen molar-refractivity contribution < 1.29 is 9.53 Å². The number of unbranched alkanes of at least 4 members (excludes halogenated alkanes) is 3. The number of nitrogens with zero attached hydrogens (tertiary/aromatic N) is 1. The highest BCUT2D eigenvalue weighted by Crippen LogP contribution is 2.21. The Labute approximate surface area is 169 Å². The molecule has 0 radical (unpaired) electrons. The van der Waals surface area contributed by atoms with Crippen molar-refractivity contribution in [1.29, 1.82) is 0 Å². The van der Waals surface area contributed by atoms with Crippen molar-refractivity contribution >= 4 is 30.7 Å². The topological polar surface area (TPSA) is 67.6 Å². The standard InChI is InChI=1S/C19H31N3O2.2ClH/c20-11-7-2-1-6-10-19(23)21-16-18(17-8-4-3-5-9-17)22-12-14-24-15-13-22;;/h3-5,8-9,18H,1-2,6-7,10-16,20H2,(H,21,23);2*1H. The normalized spacial score (nSPS) is 15.4. The van der Waals surface area contributed by atoms with E-state index in [4.69, 9.17) is 10.5 Å². The number of ether oxygens (including phenoxy) is 1.